The van der Waals surface area contributed by atoms with Crippen molar-refractivity contribution >= 4 is 15.9 Å². The SMILES string of the molecule is CCCCC(NC)c1c(C)cc(C)c(Br)c1C. The fourth-order valence-electron chi connectivity index (χ4n) is 2.55. The Labute approximate surface area is 114 Å². The second-order valence-electron chi connectivity index (χ2n) is 4.85. The summed E-state index contributed by atoms with van der Waals surface area (Å²) in [4.78, 5) is 0. The average Bonchev–Trinajstić information content (AvgIpc) is 2.30. The molecule has 1 atom stereocenters. The molecule has 0 saturated heterocycles. The lowest BCUT2D eigenvalue weighted by atomic mass is 9.91. The molecule has 1 N–H and O–H groups in total. The van der Waals surface area contributed by atoms with Gasteiger partial charge >= 0.3 is 0 Å². The molecule has 2 heteroatoms. The lowest BCUT2D eigenvalue weighted by Crippen LogP contribution is -2.19. The molecular formula is C15H24BrN. The smallest absolute Gasteiger partial charge is 0.0323 e. The molecule has 1 nitrogen and oxygen atoms in total. The van der Waals surface area contributed by atoms with Gasteiger partial charge < -0.3 is 5.32 Å². The number of aryl methyl sites for hydroxylation is 2. The number of nitrogens with one attached hydrogen (secondary N) is 1. The summed E-state index contributed by atoms with van der Waals surface area (Å²) in [6, 6.07) is 2.76. The van der Waals surface area contributed by atoms with E-state index in [1.807, 2.05) is 0 Å². The topological polar surface area (TPSA) is 12.0 Å². The van der Waals surface area contributed by atoms with Gasteiger partial charge in [-0.1, -0.05) is 41.8 Å². The van der Waals surface area contributed by atoms with Gasteiger partial charge in [-0.15, -0.1) is 0 Å². The second kappa shape index (κ2) is 6.55. The normalized spacial score (nSPS) is 12.8. The van der Waals surface area contributed by atoms with Crippen LogP contribution in [0.15, 0.2) is 10.5 Å². The van der Waals surface area contributed by atoms with Crippen molar-refractivity contribution in [1.29, 1.82) is 0 Å². The van der Waals surface area contributed by atoms with Crippen LogP contribution in [0.3, 0.4) is 0 Å². The summed E-state index contributed by atoms with van der Waals surface area (Å²) in [6.45, 7) is 8.85. The Balaban J connectivity index is 3.14. The molecule has 0 saturated carbocycles. The van der Waals surface area contributed by atoms with E-state index < -0.39 is 0 Å². The van der Waals surface area contributed by atoms with Crippen molar-refractivity contribution in [3.05, 3.63) is 32.8 Å². The van der Waals surface area contributed by atoms with Crippen LogP contribution < -0.4 is 5.32 Å². The van der Waals surface area contributed by atoms with E-state index in [1.165, 1.54) is 46.0 Å². The summed E-state index contributed by atoms with van der Waals surface area (Å²) in [5.74, 6) is 0. The Kier molecular flexibility index (Phi) is 5.68. The van der Waals surface area contributed by atoms with Crippen LogP contribution in [-0.2, 0) is 0 Å². The molecule has 17 heavy (non-hydrogen) atoms. The molecule has 0 heterocycles. The highest BCUT2D eigenvalue weighted by molar-refractivity contribution is 9.10. The largest absolute Gasteiger partial charge is 0.313 e. The van der Waals surface area contributed by atoms with Crippen molar-refractivity contribution in [2.75, 3.05) is 7.05 Å². The second-order valence-corrected chi connectivity index (χ2v) is 5.64. The predicted molar refractivity (Wildman–Crippen MR) is 79.7 cm³/mol. The van der Waals surface area contributed by atoms with Crippen molar-refractivity contribution in [2.45, 2.75) is 53.0 Å². The summed E-state index contributed by atoms with van der Waals surface area (Å²) in [7, 11) is 2.06. The minimum Gasteiger partial charge on any atom is -0.313 e. The third-order valence-electron chi connectivity index (χ3n) is 3.48. The number of hydrogen-bond donors (Lipinski definition) is 1. The maximum atomic E-state index is 3.70. The molecule has 96 valence electrons. The first-order chi connectivity index (χ1) is 8.02. The molecule has 0 amide bonds. The zero-order chi connectivity index (χ0) is 13.0. The van der Waals surface area contributed by atoms with Crippen molar-refractivity contribution in [1.82, 2.24) is 5.32 Å². The quantitative estimate of drug-likeness (QED) is 0.821. The Morgan fingerprint density at radius 2 is 1.88 bits per heavy atom. The van der Waals surface area contributed by atoms with Gasteiger partial charge in [0.05, 0.1) is 0 Å². The number of unbranched alkanes of at least 4 members (excludes halogenated alkanes) is 1. The maximum Gasteiger partial charge on any atom is 0.0323 e. The van der Waals surface area contributed by atoms with E-state index in [9.17, 15) is 0 Å². The highest BCUT2D eigenvalue weighted by atomic mass is 79.9. The molecule has 0 radical (unpaired) electrons. The number of hydrogen-bond acceptors (Lipinski definition) is 1. The van der Waals surface area contributed by atoms with Gasteiger partial charge in [-0.25, -0.2) is 0 Å². The Hall–Kier alpha value is -0.340. The molecule has 0 aromatic heterocycles. The Morgan fingerprint density at radius 1 is 1.24 bits per heavy atom. The maximum absolute atomic E-state index is 3.70. The third-order valence-corrected chi connectivity index (χ3v) is 4.70. The highest BCUT2D eigenvalue weighted by Crippen LogP contribution is 2.32. The van der Waals surface area contributed by atoms with Gasteiger partial charge in [0.1, 0.15) is 0 Å². The van der Waals surface area contributed by atoms with Gasteiger partial charge in [-0.3, -0.25) is 0 Å². The van der Waals surface area contributed by atoms with E-state index in [0.717, 1.165) is 0 Å². The van der Waals surface area contributed by atoms with E-state index in [4.69, 9.17) is 0 Å². The van der Waals surface area contributed by atoms with Crippen molar-refractivity contribution in [3.8, 4) is 0 Å². The number of benzene rings is 1. The van der Waals surface area contributed by atoms with Gasteiger partial charge in [0.2, 0.25) is 0 Å². The molecule has 0 spiro atoms. The molecule has 0 aliphatic rings. The molecule has 0 bridgehead atoms. The first-order valence-electron chi connectivity index (χ1n) is 6.46. The zero-order valence-corrected chi connectivity index (χ0v) is 13.2. The highest BCUT2D eigenvalue weighted by Gasteiger charge is 2.16. The van der Waals surface area contributed by atoms with Gasteiger partial charge in [-0.05, 0) is 56.5 Å². The molecule has 0 fully saturated rings. The monoisotopic (exact) mass is 297 g/mol. The van der Waals surface area contributed by atoms with E-state index >= 15 is 0 Å². The first-order valence-corrected chi connectivity index (χ1v) is 7.25. The van der Waals surface area contributed by atoms with Crippen molar-refractivity contribution < 1.29 is 0 Å². The number of rotatable bonds is 5. The van der Waals surface area contributed by atoms with E-state index in [2.05, 4.69) is 62.1 Å². The molecule has 1 aromatic rings. The molecule has 1 aromatic carbocycles. The van der Waals surface area contributed by atoms with Crippen molar-refractivity contribution in [2.24, 2.45) is 0 Å². The predicted octanol–water partition coefficient (Wildman–Crippen LogP) is 4.83. The minimum atomic E-state index is 0.479. The van der Waals surface area contributed by atoms with Gasteiger partial charge in [-0.2, -0.15) is 0 Å². The van der Waals surface area contributed by atoms with Crippen LogP contribution in [0.4, 0.5) is 0 Å². The van der Waals surface area contributed by atoms with Crippen LogP contribution in [0.5, 0.6) is 0 Å². The van der Waals surface area contributed by atoms with Crippen LogP contribution in [0, 0.1) is 20.8 Å². The molecule has 1 unspecified atom stereocenters. The fraction of sp³-hybridized carbons (Fsp3) is 0.600. The summed E-state index contributed by atoms with van der Waals surface area (Å²) in [5, 5.41) is 3.46. The van der Waals surface area contributed by atoms with Crippen LogP contribution in [-0.4, -0.2) is 7.05 Å². The zero-order valence-electron chi connectivity index (χ0n) is 11.7. The van der Waals surface area contributed by atoms with Gasteiger partial charge in [0.25, 0.3) is 0 Å². The van der Waals surface area contributed by atoms with Crippen LogP contribution in [0.1, 0.15) is 54.5 Å². The Morgan fingerprint density at radius 3 is 2.41 bits per heavy atom. The fourth-order valence-corrected chi connectivity index (χ4v) is 2.88. The lowest BCUT2D eigenvalue weighted by Gasteiger charge is -2.23. The first kappa shape index (κ1) is 14.7. The third kappa shape index (κ3) is 3.32. The molecule has 0 aliphatic carbocycles. The molecule has 1 rings (SSSR count). The van der Waals surface area contributed by atoms with Gasteiger partial charge in [0.15, 0.2) is 0 Å². The lowest BCUT2D eigenvalue weighted by molar-refractivity contribution is 0.518. The Bertz CT molecular complexity index is 385. The minimum absolute atomic E-state index is 0.479. The van der Waals surface area contributed by atoms with Crippen molar-refractivity contribution in [3.63, 3.8) is 0 Å². The van der Waals surface area contributed by atoms with Crippen LogP contribution in [0.25, 0.3) is 0 Å². The molecule has 0 aliphatic heterocycles. The van der Waals surface area contributed by atoms with E-state index in [-0.39, 0.29) is 0 Å². The van der Waals surface area contributed by atoms with Gasteiger partial charge in [0, 0.05) is 10.5 Å². The standard InChI is InChI=1S/C15H24BrN/c1-6-7-8-13(17-5)14-10(2)9-11(3)15(16)12(14)4/h9,13,17H,6-8H2,1-5H3. The van der Waals surface area contributed by atoms with E-state index in [1.54, 1.807) is 0 Å². The number of halogens is 1. The summed E-state index contributed by atoms with van der Waals surface area (Å²) < 4.78 is 1.26. The van der Waals surface area contributed by atoms with Crippen LogP contribution >= 0.6 is 15.9 Å². The summed E-state index contributed by atoms with van der Waals surface area (Å²) in [6.07, 6.45) is 3.74. The summed E-state index contributed by atoms with van der Waals surface area (Å²) in [5.41, 5.74) is 5.59. The van der Waals surface area contributed by atoms with Crippen LogP contribution in [0.2, 0.25) is 0 Å². The summed E-state index contributed by atoms with van der Waals surface area (Å²) >= 11 is 3.70. The van der Waals surface area contributed by atoms with E-state index in [0.29, 0.717) is 6.04 Å². The average molecular weight is 298 g/mol. The molecular weight excluding hydrogens is 274 g/mol.